The molecule has 0 saturated heterocycles. The molecule has 0 fully saturated rings. The first-order valence-corrected chi connectivity index (χ1v) is 8.77. The van der Waals surface area contributed by atoms with E-state index in [1.54, 1.807) is 0 Å². The van der Waals surface area contributed by atoms with Gasteiger partial charge in [-0.3, -0.25) is 9.35 Å². The van der Waals surface area contributed by atoms with Crippen molar-refractivity contribution in [3.8, 4) is 0 Å². The van der Waals surface area contributed by atoms with Gasteiger partial charge in [0.25, 0.3) is 11.3 Å². The Morgan fingerprint density at radius 1 is 1.31 bits per heavy atom. The van der Waals surface area contributed by atoms with Gasteiger partial charge in [-0.15, -0.1) is 11.3 Å². The second kappa shape index (κ2) is 8.37. The van der Waals surface area contributed by atoms with Crippen molar-refractivity contribution >= 4 is 56.8 Å². The molecule has 1 atom stereocenters. The van der Waals surface area contributed by atoms with Crippen LogP contribution in [0, 0.1) is 0 Å². The monoisotopic (exact) mass is 398 g/mol. The van der Waals surface area contributed by atoms with Crippen molar-refractivity contribution in [2.75, 3.05) is 16.2 Å². The van der Waals surface area contributed by atoms with Crippen LogP contribution in [0.4, 0.5) is 16.4 Å². The minimum Gasteiger partial charge on any atom is -0.476 e. The van der Waals surface area contributed by atoms with Crippen LogP contribution in [0.3, 0.4) is 0 Å². The predicted octanol–water partition coefficient (Wildman–Crippen LogP) is 0.328. The number of guanidine groups is 1. The molecule has 2 aromatic rings. The molecule has 138 valence electrons. The number of aromatic nitrogens is 1. The molecular formula is C13H14N6O5S2. The molecule has 0 spiro atoms. The highest BCUT2D eigenvalue weighted by Gasteiger charge is 2.24. The lowest BCUT2D eigenvalue weighted by molar-refractivity contribution is -0.114. The van der Waals surface area contributed by atoms with Crippen molar-refractivity contribution in [1.29, 1.82) is 0 Å². The summed E-state index contributed by atoms with van der Waals surface area (Å²) in [5.41, 5.74) is 11.8. The maximum absolute atomic E-state index is 11.7. The molecule has 2 rings (SSSR count). The second-order valence-corrected chi connectivity index (χ2v) is 6.33. The van der Waals surface area contributed by atoms with E-state index in [0.717, 1.165) is 15.6 Å². The number of thiazole rings is 1. The zero-order chi connectivity index (χ0) is 19.3. The molecule has 0 aliphatic carbocycles. The Hall–Kier alpha value is -3.03. The number of carboxylic acid groups (broad SMARTS) is 1. The zero-order valence-corrected chi connectivity index (χ0v) is 14.7. The third-order valence-electron chi connectivity index (χ3n) is 2.88. The van der Waals surface area contributed by atoms with Crippen LogP contribution < -0.4 is 21.1 Å². The molecule has 1 unspecified atom stereocenters. The van der Waals surface area contributed by atoms with Gasteiger partial charge in [-0.2, -0.15) is 0 Å². The van der Waals surface area contributed by atoms with Gasteiger partial charge >= 0.3 is 5.97 Å². The summed E-state index contributed by atoms with van der Waals surface area (Å²) in [5, 5.41) is 11.7. The Balaban J connectivity index is 2.22. The number of nitrogens with one attached hydrogen (secondary N) is 1. The van der Waals surface area contributed by atoms with Crippen molar-refractivity contribution in [3.63, 3.8) is 0 Å². The highest BCUT2D eigenvalue weighted by molar-refractivity contribution is 7.81. The van der Waals surface area contributed by atoms with Gasteiger partial charge in [0.15, 0.2) is 11.7 Å². The summed E-state index contributed by atoms with van der Waals surface area (Å²) >= 11 is -1.62. The summed E-state index contributed by atoms with van der Waals surface area (Å²) in [4.78, 5) is 30.1. The van der Waals surface area contributed by atoms with E-state index in [4.69, 9.17) is 16.6 Å². The molecule has 7 N–H and O–H groups in total. The minimum atomic E-state index is -2.53. The number of nitrogens with zero attached hydrogens (tertiary/aromatic N) is 3. The van der Waals surface area contributed by atoms with Crippen LogP contribution in [0.2, 0.25) is 0 Å². The van der Waals surface area contributed by atoms with Gasteiger partial charge in [-0.1, -0.05) is 0 Å². The molecule has 13 heteroatoms. The Morgan fingerprint density at radius 3 is 2.50 bits per heavy atom. The van der Waals surface area contributed by atoms with Gasteiger partial charge in [-0.05, 0) is 24.3 Å². The van der Waals surface area contributed by atoms with E-state index in [1.807, 2.05) is 0 Å². The normalized spacial score (nSPS) is 11.4. The molecule has 26 heavy (non-hydrogen) atoms. The fourth-order valence-corrected chi connectivity index (χ4v) is 3.41. The Morgan fingerprint density at radius 2 is 1.96 bits per heavy atom. The standard InChI is InChI=1S/C13H14N6O5S2/c14-13(15)16-5-9(20)18-7-1-3-8(4-2-7)19(26(23)24)11-10(12(21)22)17-6-25-11/h1-4,6H,5H2,(H,18,20)(H,21,22)(H,23,24)(H4,14,15,16). The number of anilines is 3. The topological polar surface area (TPSA) is 184 Å². The quantitative estimate of drug-likeness (QED) is 0.251. The van der Waals surface area contributed by atoms with E-state index in [-0.39, 0.29) is 28.9 Å². The van der Waals surface area contributed by atoms with Crippen LogP contribution in [0.1, 0.15) is 10.5 Å². The molecule has 1 aromatic carbocycles. The van der Waals surface area contributed by atoms with E-state index in [1.165, 1.54) is 29.8 Å². The number of carbonyl (C=O) groups excluding carboxylic acids is 1. The maximum Gasteiger partial charge on any atom is 0.357 e. The SMILES string of the molecule is NC(N)=NCC(=O)Nc1ccc(N(c2scnc2C(=O)O)S(=O)O)cc1. The molecular weight excluding hydrogens is 384 g/mol. The fourth-order valence-electron chi connectivity index (χ4n) is 1.85. The average Bonchev–Trinajstić information content (AvgIpc) is 3.04. The largest absolute Gasteiger partial charge is 0.476 e. The lowest BCUT2D eigenvalue weighted by Crippen LogP contribution is -2.25. The average molecular weight is 398 g/mol. The van der Waals surface area contributed by atoms with Gasteiger partial charge in [0, 0.05) is 5.69 Å². The molecule has 0 aliphatic heterocycles. The number of rotatable bonds is 7. The molecule has 0 bridgehead atoms. The summed E-state index contributed by atoms with van der Waals surface area (Å²) in [7, 11) is 0. The molecule has 1 heterocycles. The van der Waals surface area contributed by atoms with Gasteiger partial charge in [-0.25, -0.2) is 23.3 Å². The number of hydrogen-bond donors (Lipinski definition) is 5. The van der Waals surface area contributed by atoms with E-state index in [9.17, 15) is 18.4 Å². The lowest BCUT2D eigenvalue weighted by Gasteiger charge is -2.18. The van der Waals surface area contributed by atoms with Crippen molar-refractivity contribution in [3.05, 3.63) is 35.5 Å². The molecule has 11 nitrogen and oxygen atoms in total. The van der Waals surface area contributed by atoms with Crippen molar-refractivity contribution in [2.24, 2.45) is 16.5 Å². The minimum absolute atomic E-state index is 0.00266. The molecule has 0 saturated carbocycles. The number of aromatic carboxylic acids is 1. The summed E-state index contributed by atoms with van der Waals surface area (Å²) in [6, 6.07) is 5.83. The fraction of sp³-hybridized carbons (Fsp3) is 0.0769. The van der Waals surface area contributed by atoms with Crippen LogP contribution in [0.5, 0.6) is 0 Å². The van der Waals surface area contributed by atoms with E-state index < -0.39 is 23.1 Å². The van der Waals surface area contributed by atoms with Crippen molar-refractivity contribution in [1.82, 2.24) is 4.98 Å². The zero-order valence-electron chi connectivity index (χ0n) is 13.0. The first-order valence-electron chi connectivity index (χ1n) is 6.82. The third kappa shape index (κ3) is 4.75. The predicted molar refractivity (Wildman–Crippen MR) is 97.7 cm³/mol. The lowest BCUT2D eigenvalue weighted by atomic mass is 10.2. The number of aliphatic imine (C=N–C) groups is 1. The Bertz CT molecular complexity index is 862. The highest BCUT2D eigenvalue weighted by Crippen LogP contribution is 2.33. The smallest absolute Gasteiger partial charge is 0.357 e. The van der Waals surface area contributed by atoms with E-state index in [2.05, 4.69) is 15.3 Å². The van der Waals surface area contributed by atoms with E-state index >= 15 is 0 Å². The van der Waals surface area contributed by atoms with Crippen molar-refractivity contribution in [2.45, 2.75) is 0 Å². The number of carbonyl (C=O) groups is 2. The third-order valence-corrected chi connectivity index (χ3v) is 4.51. The number of nitrogens with two attached hydrogens (primary N) is 2. The maximum atomic E-state index is 11.7. The van der Waals surface area contributed by atoms with Crippen LogP contribution in [-0.2, 0) is 16.1 Å². The first kappa shape index (κ1) is 19.3. The number of benzene rings is 1. The van der Waals surface area contributed by atoms with Crippen LogP contribution in [0.15, 0.2) is 34.8 Å². The molecule has 0 aliphatic rings. The van der Waals surface area contributed by atoms with Gasteiger partial charge in [0.1, 0.15) is 11.5 Å². The Labute approximate surface area is 153 Å². The molecule has 0 radical (unpaired) electrons. The van der Waals surface area contributed by atoms with Crippen LogP contribution in [0.25, 0.3) is 0 Å². The van der Waals surface area contributed by atoms with Gasteiger partial charge < -0.3 is 21.9 Å². The number of amides is 1. The van der Waals surface area contributed by atoms with Gasteiger partial charge in [0.2, 0.25) is 5.91 Å². The molecule has 1 aromatic heterocycles. The Kier molecular flexibility index (Phi) is 6.21. The van der Waals surface area contributed by atoms with Crippen LogP contribution in [-0.4, -0.2) is 43.2 Å². The van der Waals surface area contributed by atoms with Crippen molar-refractivity contribution < 1.29 is 23.5 Å². The van der Waals surface area contributed by atoms with Crippen LogP contribution >= 0.6 is 11.3 Å². The number of hydrogen-bond acceptors (Lipinski definition) is 6. The summed E-state index contributed by atoms with van der Waals surface area (Å²) in [6.45, 7) is -0.250. The molecule has 1 amide bonds. The van der Waals surface area contributed by atoms with Gasteiger partial charge in [0.05, 0.1) is 11.2 Å². The second-order valence-electron chi connectivity index (χ2n) is 4.67. The highest BCUT2D eigenvalue weighted by atomic mass is 32.2. The van der Waals surface area contributed by atoms with E-state index in [0.29, 0.717) is 5.69 Å². The summed E-state index contributed by atoms with van der Waals surface area (Å²) in [5.74, 6) is -1.99. The summed E-state index contributed by atoms with van der Waals surface area (Å²) in [6.07, 6.45) is 0. The number of carboxylic acids is 1. The summed E-state index contributed by atoms with van der Waals surface area (Å²) < 4.78 is 22.2. The first-order chi connectivity index (χ1) is 12.3.